The number of methoxy groups -OCH3 is 1. The van der Waals surface area contributed by atoms with Crippen molar-refractivity contribution in [1.82, 2.24) is 4.57 Å². The molecule has 0 saturated heterocycles. The van der Waals surface area contributed by atoms with Crippen molar-refractivity contribution in [2.45, 2.75) is 25.9 Å². The first-order valence-corrected chi connectivity index (χ1v) is 7.33. The molecule has 0 aliphatic carbocycles. The predicted molar refractivity (Wildman–Crippen MR) is 84.8 cm³/mol. The monoisotopic (exact) mass is 302 g/mol. The van der Waals surface area contributed by atoms with Crippen molar-refractivity contribution in [3.05, 3.63) is 53.9 Å². The molecule has 0 bridgehead atoms. The second-order valence-electron chi connectivity index (χ2n) is 5.00. The first-order valence-electron chi connectivity index (χ1n) is 7.33. The summed E-state index contributed by atoms with van der Waals surface area (Å²) in [5.41, 5.74) is 7.97. The number of nitrogens with two attached hydrogens (primary N) is 1. The molecule has 1 aromatic heterocycles. The average Bonchev–Trinajstić information content (AvgIpc) is 2.95. The molecule has 0 saturated carbocycles. The Bertz CT molecular complexity index is 622. The first kappa shape index (κ1) is 16.1. The number of carbonyl (C=O) groups is 1. The molecule has 0 fully saturated rings. The Labute approximate surface area is 130 Å². The zero-order valence-electron chi connectivity index (χ0n) is 13.0. The van der Waals surface area contributed by atoms with Crippen LogP contribution in [0.4, 0.5) is 0 Å². The van der Waals surface area contributed by atoms with Crippen molar-refractivity contribution >= 4 is 5.97 Å². The summed E-state index contributed by atoms with van der Waals surface area (Å²) in [4.78, 5) is 11.7. The Kier molecular flexibility index (Phi) is 5.61. The third-order valence-corrected chi connectivity index (χ3v) is 3.48. The molecule has 1 heterocycles. The lowest BCUT2D eigenvalue weighted by molar-refractivity contribution is -0.144. The maximum Gasteiger partial charge on any atom is 0.323 e. The number of rotatable bonds is 7. The van der Waals surface area contributed by atoms with E-state index in [9.17, 15) is 4.79 Å². The second kappa shape index (κ2) is 7.66. The number of aromatic nitrogens is 1. The summed E-state index contributed by atoms with van der Waals surface area (Å²) in [7, 11) is 1.66. The van der Waals surface area contributed by atoms with E-state index in [0.717, 1.165) is 17.0 Å². The molecule has 0 aliphatic heterocycles. The molecular formula is C17H22N2O3. The lowest BCUT2D eigenvalue weighted by Gasteiger charge is -2.15. The average molecular weight is 302 g/mol. The molecule has 1 aromatic carbocycles. The third kappa shape index (κ3) is 3.89. The van der Waals surface area contributed by atoms with E-state index in [2.05, 4.69) is 4.57 Å². The fourth-order valence-electron chi connectivity index (χ4n) is 2.36. The van der Waals surface area contributed by atoms with Gasteiger partial charge in [0.1, 0.15) is 11.8 Å². The number of para-hydroxylation sites is 1. The van der Waals surface area contributed by atoms with E-state index in [-0.39, 0.29) is 5.97 Å². The van der Waals surface area contributed by atoms with Crippen molar-refractivity contribution in [1.29, 1.82) is 0 Å². The van der Waals surface area contributed by atoms with E-state index >= 15 is 0 Å². The van der Waals surface area contributed by atoms with Crippen LogP contribution in [-0.2, 0) is 22.5 Å². The normalized spacial score (nSPS) is 12.0. The van der Waals surface area contributed by atoms with Crippen LogP contribution in [0, 0.1) is 0 Å². The summed E-state index contributed by atoms with van der Waals surface area (Å²) in [6.45, 7) is 2.78. The van der Waals surface area contributed by atoms with Crippen molar-refractivity contribution in [3.8, 4) is 5.75 Å². The van der Waals surface area contributed by atoms with Gasteiger partial charge < -0.3 is 19.8 Å². The van der Waals surface area contributed by atoms with Crippen LogP contribution in [0.2, 0.25) is 0 Å². The summed E-state index contributed by atoms with van der Waals surface area (Å²) in [6.07, 6.45) is 2.42. The molecule has 22 heavy (non-hydrogen) atoms. The second-order valence-corrected chi connectivity index (χ2v) is 5.00. The van der Waals surface area contributed by atoms with Gasteiger partial charge in [0.15, 0.2) is 0 Å². The minimum atomic E-state index is -0.647. The highest BCUT2D eigenvalue weighted by molar-refractivity contribution is 5.75. The Morgan fingerprint density at radius 2 is 2.05 bits per heavy atom. The summed E-state index contributed by atoms with van der Waals surface area (Å²) in [5.74, 6) is 0.476. The van der Waals surface area contributed by atoms with Gasteiger partial charge in [-0.05, 0) is 25.1 Å². The molecule has 1 atom stereocenters. The number of hydrogen-bond acceptors (Lipinski definition) is 4. The largest absolute Gasteiger partial charge is 0.496 e. The Hall–Kier alpha value is -2.27. The van der Waals surface area contributed by atoms with Gasteiger partial charge in [-0.3, -0.25) is 4.79 Å². The fraction of sp³-hybridized carbons (Fsp3) is 0.353. The number of hydrogen-bond donors (Lipinski definition) is 1. The van der Waals surface area contributed by atoms with Gasteiger partial charge in [-0.25, -0.2) is 0 Å². The Morgan fingerprint density at radius 1 is 1.27 bits per heavy atom. The number of nitrogens with zero attached hydrogens (tertiary/aromatic N) is 1. The van der Waals surface area contributed by atoms with Gasteiger partial charge in [-0.1, -0.05) is 18.2 Å². The molecule has 118 valence electrons. The minimum absolute atomic E-state index is 0.342. The van der Waals surface area contributed by atoms with E-state index in [1.165, 1.54) is 0 Å². The lowest BCUT2D eigenvalue weighted by Crippen LogP contribution is -2.35. The zero-order valence-corrected chi connectivity index (χ0v) is 13.0. The van der Waals surface area contributed by atoms with Crippen LogP contribution in [0.1, 0.15) is 18.2 Å². The lowest BCUT2D eigenvalue weighted by atomic mass is 10.1. The van der Waals surface area contributed by atoms with E-state index in [4.69, 9.17) is 15.2 Å². The first-order chi connectivity index (χ1) is 10.7. The molecular weight excluding hydrogens is 280 g/mol. The summed E-state index contributed by atoms with van der Waals surface area (Å²) in [6, 6.07) is 11.1. The molecule has 2 N–H and O–H groups in total. The maximum atomic E-state index is 11.7. The zero-order chi connectivity index (χ0) is 15.9. The number of ether oxygens (including phenoxy) is 2. The molecule has 5 heteroatoms. The van der Waals surface area contributed by atoms with Crippen molar-refractivity contribution in [3.63, 3.8) is 0 Å². The molecule has 0 aliphatic rings. The van der Waals surface area contributed by atoms with Crippen molar-refractivity contribution in [2.75, 3.05) is 13.7 Å². The van der Waals surface area contributed by atoms with Gasteiger partial charge >= 0.3 is 5.97 Å². The highest BCUT2D eigenvalue weighted by atomic mass is 16.5. The SMILES string of the molecule is CCOC(=O)C(N)Cc1cccn1Cc1ccccc1OC. The van der Waals surface area contributed by atoms with Gasteiger partial charge in [0.05, 0.1) is 20.3 Å². The van der Waals surface area contributed by atoms with Gasteiger partial charge in [0.2, 0.25) is 0 Å². The van der Waals surface area contributed by atoms with Crippen LogP contribution in [0.15, 0.2) is 42.6 Å². The van der Waals surface area contributed by atoms with Crippen LogP contribution in [0.5, 0.6) is 5.75 Å². The Balaban J connectivity index is 2.11. The van der Waals surface area contributed by atoms with Gasteiger partial charge in [-0.15, -0.1) is 0 Å². The van der Waals surface area contributed by atoms with Crippen molar-refractivity contribution < 1.29 is 14.3 Å². The number of benzene rings is 1. The highest BCUT2D eigenvalue weighted by Crippen LogP contribution is 2.19. The fourth-order valence-corrected chi connectivity index (χ4v) is 2.36. The summed E-state index contributed by atoms with van der Waals surface area (Å²) in [5, 5.41) is 0. The molecule has 0 radical (unpaired) electrons. The molecule has 2 rings (SSSR count). The van der Waals surface area contributed by atoms with Crippen LogP contribution in [0.3, 0.4) is 0 Å². The smallest absolute Gasteiger partial charge is 0.323 e. The van der Waals surface area contributed by atoms with Gasteiger partial charge in [0, 0.05) is 23.9 Å². The van der Waals surface area contributed by atoms with Crippen LogP contribution in [0.25, 0.3) is 0 Å². The molecule has 0 spiro atoms. The van der Waals surface area contributed by atoms with Crippen LogP contribution >= 0.6 is 0 Å². The maximum absolute atomic E-state index is 11.7. The van der Waals surface area contributed by atoms with Gasteiger partial charge in [-0.2, -0.15) is 0 Å². The van der Waals surface area contributed by atoms with Gasteiger partial charge in [0.25, 0.3) is 0 Å². The molecule has 0 amide bonds. The summed E-state index contributed by atoms with van der Waals surface area (Å²) < 4.78 is 12.4. The van der Waals surface area contributed by atoms with E-state index in [1.54, 1.807) is 14.0 Å². The third-order valence-electron chi connectivity index (χ3n) is 3.48. The van der Waals surface area contributed by atoms with Crippen LogP contribution in [-0.4, -0.2) is 30.3 Å². The quantitative estimate of drug-likeness (QED) is 0.794. The summed E-state index contributed by atoms with van der Waals surface area (Å²) >= 11 is 0. The van der Waals surface area contributed by atoms with E-state index in [1.807, 2.05) is 42.6 Å². The number of esters is 1. The molecule has 5 nitrogen and oxygen atoms in total. The highest BCUT2D eigenvalue weighted by Gasteiger charge is 2.17. The van der Waals surface area contributed by atoms with Crippen LogP contribution < -0.4 is 10.5 Å². The topological polar surface area (TPSA) is 66.5 Å². The van der Waals surface area contributed by atoms with E-state index in [0.29, 0.717) is 19.6 Å². The Morgan fingerprint density at radius 3 is 2.77 bits per heavy atom. The molecule has 1 unspecified atom stereocenters. The molecule has 2 aromatic rings. The number of carbonyl (C=O) groups excluding carboxylic acids is 1. The standard InChI is InChI=1S/C17H22N2O3/c1-3-22-17(20)15(18)11-14-8-6-10-19(14)12-13-7-4-5-9-16(13)21-2/h4-10,15H,3,11-12,18H2,1-2H3. The van der Waals surface area contributed by atoms with E-state index < -0.39 is 6.04 Å². The van der Waals surface area contributed by atoms with Crippen molar-refractivity contribution in [2.24, 2.45) is 5.73 Å². The predicted octanol–water partition coefficient (Wildman–Crippen LogP) is 1.98. The minimum Gasteiger partial charge on any atom is -0.496 e.